The fourth-order valence-electron chi connectivity index (χ4n) is 1.90. The molecule has 3 rings (SSSR count). The molecule has 1 amide bonds. The Balaban J connectivity index is 1.78. The number of nitrogens with one attached hydrogen (secondary N) is 3. The van der Waals surface area contributed by atoms with Crippen molar-refractivity contribution in [2.75, 3.05) is 0 Å². The zero-order valence-corrected chi connectivity index (χ0v) is 10.4. The molecular weight excluding hydrogens is 258 g/mol. The highest BCUT2D eigenvalue weighted by Gasteiger charge is 2.13. The SMILES string of the molecule is O=C(NCc1cc(=O)[nH]cn1)c1n[nH]c2ccccc12. The molecule has 0 fully saturated rings. The minimum absolute atomic E-state index is 0.171. The summed E-state index contributed by atoms with van der Waals surface area (Å²) in [5, 5.41) is 10.2. The van der Waals surface area contributed by atoms with Crippen molar-refractivity contribution in [3.8, 4) is 0 Å². The number of aromatic amines is 2. The van der Waals surface area contributed by atoms with E-state index in [1.165, 1.54) is 12.4 Å². The lowest BCUT2D eigenvalue weighted by atomic mass is 10.2. The third-order valence-electron chi connectivity index (χ3n) is 2.85. The minimum Gasteiger partial charge on any atom is -0.345 e. The highest BCUT2D eigenvalue weighted by Crippen LogP contribution is 2.14. The Bertz CT molecular complexity index is 820. The summed E-state index contributed by atoms with van der Waals surface area (Å²) in [4.78, 5) is 29.6. The Kier molecular flexibility index (Phi) is 3.00. The van der Waals surface area contributed by atoms with E-state index < -0.39 is 0 Å². The van der Waals surface area contributed by atoms with E-state index in [0.29, 0.717) is 11.4 Å². The zero-order chi connectivity index (χ0) is 13.9. The molecule has 3 aromatic rings. The molecule has 2 heterocycles. The molecule has 0 bridgehead atoms. The van der Waals surface area contributed by atoms with Gasteiger partial charge in [0.2, 0.25) is 0 Å². The van der Waals surface area contributed by atoms with Crippen LogP contribution in [0.1, 0.15) is 16.2 Å². The Morgan fingerprint density at radius 2 is 2.15 bits per heavy atom. The summed E-state index contributed by atoms with van der Waals surface area (Å²) >= 11 is 0. The number of aromatic nitrogens is 4. The number of para-hydroxylation sites is 1. The summed E-state index contributed by atoms with van der Waals surface area (Å²) in [5.41, 5.74) is 1.36. The summed E-state index contributed by atoms with van der Waals surface area (Å²) in [7, 11) is 0. The lowest BCUT2D eigenvalue weighted by Gasteiger charge is -2.02. The molecule has 0 spiro atoms. The molecule has 0 saturated heterocycles. The van der Waals surface area contributed by atoms with E-state index in [4.69, 9.17) is 0 Å². The molecular formula is C13H11N5O2. The van der Waals surface area contributed by atoms with Crippen LogP contribution in [0.3, 0.4) is 0 Å². The van der Waals surface area contributed by atoms with Crippen molar-refractivity contribution in [3.63, 3.8) is 0 Å². The maximum absolute atomic E-state index is 12.1. The van der Waals surface area contributed by atoms with Crippen LogP contribution in [-0.2, 0) is 6.54 Å². The molecule has 0 unspecified atom stereocenters. The van der Waals surface area contributed by atoms with E-state index in [-0.39, 0.29) is 18.0 Å². The standard InChI is InChI=1S/C13H11N5O2/c19-11-5-8(15-7-16-11)6-14-13(20)12-9-3-1-2-4-10(9)17-18-12/h1-5,7H,6H2,(H,14,20)(H,17,18)(H,15,16,19). The van der Waals surface area contributed by atoms with Gasteiger partial charge >= 0.3 is 0 Å². The van der Waals surface area contributed by atoms with Crippen LogP contribution in [0.4, 0.5) is 0 Å². The molecule has 1 aromatic carbocycles. The van der Waals surface area contributed by atoms with Crippen LogP contribution < -0.4 is 10.9 Å². The van der Waals surface area contributed by atoms with Gasteiger partial charge in [-0.1, -0.05) is 18.2 Å². The zero-order valence-electron chi connectivity index (χ0n) is 10.4. The first-order valence-corrected chi connectivity index (χ1v) is 5.99. The Labute approximate surface area is 113 Å². The number of benzene rings is 1. The van der Waals surface area contributed by atoms with E-state index >= 15 is 0 Å². The monoisotopic (exact) mass is 269 g/mol. The predicted molar refractivity (Wildman–Crippen MR) is 72.1 cm³/mol. The van der Waals surface area contributed by atoms with E-state index in [1.807, 2.05) is 24.3 Å². The molecule has 0 aliphatic carbocycles. The summed E-state index contributed by atoms with van der Waals surface area (Å²) in [5.74, 6) is -0.315. The van der Waals surface area contributed by atoms with Crippen molar-refractivity contribution in [1.29, 1.82) is 0 Å². The molecule has 7 nitrogen and oxygen atoms in total. The van der Waals surface area contributed by atoms with Crippen LogP contribution in [0.2, 0.25) is 0 Å². The lowest BCUT2D eigenvalue weighted by Crippen LogP contribution is -2.24. The van der Waals surface area contributed by atoms with Crippen molar-refractivity contribution >= 4 is 16.8 Å². The van der Waals surface area contributed by atoms with Crippen molar-refractivity contribution in [2.45, 2.75) is 6.54 Å². The molecule has 0 atom stereocenters. The van der Waals surface area contributed by atoms with Gasteiger partial charge in [-0.05, 0) is 6.07 Å². The molecule has 100 valence electrons. The van der Waals surface area contributed by atoms with E-state index in [0.717, 1.165) is 10.9 Å². The molecule has 20 heavy (non-hydrogen) atoms. The number of hydrogen-bond donors (Lipinski definition) is 3. The van der Waals surface area contributed by atoms with Gasteiger partial charge in [-0.25, -0.2) is 4.98 Å². The third-order valence-corrected chi connectivity index (χ3v) is 2.85. The highest BCUT2D eigenvalue weighted by atomic mass is 16.2. The second-order valence-corrected chi connectivity index (χ2v) is 4.20. The van der Waals surface area contributed by atoms with Crippen molar-refractivity contribution in [3.05, 3.63) is 58.4 Å². The van der Waals surface area contributed by atoms with Gasteiger partial charge in [-0.2, -0.15) is 5.10 Å². The van der Waals surface area contributed by atoms with Gasteiger partial charge in [0.1, 0.15) is 0 Å². The second-order valence-electron chi connectivity index (χ2n) is 4.20. The number of carbonyl (C=O) groups is 1. The Morgan fingerprint density at radius 1 is 1.30 bits per heavy atom. The number of hydrogen-bond acceptors (Lipinski definition) is 4. The fraction of sp³-hybridized carbons (Fsp3) is 0.0769. The van der Waals surface area contributed by atoms with Gasteiger partial charge in [-0.15, -0.1) is 0 Å². The van der Waals surface area contributed by atoms with Crippen molar-refractivity contribution < 1.29 is 4.79 Å². The van der Waals surface area contributed by atoms with Crippen LogP contribution >= 0.6 is 0 Å². The normalized spacial score (nSPS) is 10.6. The molecule has 0 radical (unpaired) electrons. The van der Waals surface area contributed by atoms with Gasteiger partial charge < -0.3 is 10.3 Å². The molecule has 0 aliphatic rings. The van der Waals surface area contributed by atoms with Gasteiger partial charge in [0.25, 0.3) is 11.5 Å². The van der Waals surface area contributed by atoms with Crippen LogP contribution in [0.5, 0.6) is 0 Å². The molecule has 3 N–H and O–H groups in total. The number of nitrogens with zero attached hydrogens (tertiary/aromatic N) is 2. The maximum Gasteiger partial charge on any atom is 0.272 e. The summed E-state index contributed by atoms with van der Waals surface area (Å²) in [6, 6.07) is 8.70. The van der Waals surface area contributed by atoms with Crippen LogP contribution in [0.25, 0.3) is 10.9 Å². The third kappa shape index (κ3) is 2.28. The lowest BCUT2D eigenvalue weighted by molar-refractivity contribution is 0.0947. The average Bonchev–Trinajstić information content (AvgIpc) is 2.89. The van der Waals surface area contributed by atoms with Gasteiger partial charge in [0, 0.05) is 11.5 Å². The summed E-state index contributed by atoms with van der Waals surface area (Å²) in [6.45, 7) is 0.171. The largest absolute Gasteiger partial charge is 0.345 e. The molecule has 0 aliphatic heterocycles. The van der Waals surface area contributed by atoms with E-state index in [9.17, 15) is 9.59 Å². The van der Waals surface area contributed by atoms with Crippen LogP contribution in [-0.4, -0.2) is 26.1 Å². The molecule has 0 saturated carbocycles. The number of amides is 1. The highest BCUT2D eigenvalue weighted by molar-refractivity contribution is 6.04. The summed E-state index contributed by atoms with van der Waals surface area (Å²) in [6.07, 6.45) is 1.30. The quantitative estimate of drug-likeness (QED) is 0.646. The molecule has 7 heteroatoms. The molecule has 2 aromatic heterocycles. The Morgan fingerprint density at radius 3 is 3.00 bits per heavy atom. The van der Waals surface area contributed by atoms with Gasteiger partial charge in [-0.3, -0.25) is 14.7 Å². The topological polar surface area (TPSA) is 104 Å². The fourth-order valence-corrected chi connectivity index (χ4v) is 1.90. The number of fused-ring (bicyclic) bond motifs is 1. The second kappa shape index (κ2) is 4.96. The predicted octanol–water partition coefficient (Wildman–Crippen LogP) is 0.576. The average molecular weight is 269 g/mol. The first-order valence-electron chi connectivity index (χ1n) is 5.99. The number of rotatable bonds is 3. The van der Waals surface area contributed by atoms with Crippen molar-refractivity contribution in [2.24, 2.45) is 0 Å². The first kappa shape index (κ1) is 12.1. The first-order chi connectivity index (χ1) is 9.74. The van der Waals surface area contributed by atoms with Crippen LogP contribution in [0.15, 0.2) is 41.5 Å². The summed E-state index contributed by atoms with van der Waals surface area (Å²) < 4.78 is 0. The maximum atomic E-state index is 12.1. The smallest absolute Gasteiger partial charge is 0.272 e. The van der Waals surface area contributed by atoms with Crippen molar-refractivity contribution in [1.82, 2.24) is 25.5 Å². The van der Waals surface area contributed by atoms with Crippen LogP contribution in [0, 0.1) is 0 Å². The Hall–Kier alpha value is -2.96. The number of H-pyrrole nitrogens is 2. The van der Waals surface area contributed by atoms with E-state index in [2.05, 4.69) is 25.5 Å². The minimum atomic E-state index is -0.315. The van der Waals surface area contributed by atoms with E-state index in [1.54, 1.807) is 0 Å². The number of carbonyl (C=O) groups excluding carboxylic acids is 1. The van der Waals surface area contributed by atoms with Gasteiger partial charge in [0.05, 0.1) is 24.1 Å². The van der Waals surface area contributed by atoms with Gasteiger partial charge in [0.15, 0.2) is 5.69 Å².